The first-order chi connectivity index (χ1) is 21.3. The van der Waals surface area contributed by atoms with Gasteiger partial charge in [-0.1, -0.05) is 74.5 Å². The molecule has 0 spiro atoms. The minimum absolute atomic E-state index is 0.0908. The van der Waals surface area contributed by atoms with Gasteiger partial charge in [-0.2, -0.15) is 0 Å². The van der Waals surface area contributed by atoms with Crippen molar-refractivity contribution in [2.24, 2.45) is 5.41 Å². The standard InChI is InChI=1S/C36H40O8/c1-36(2)22-43-35(44-23-36)27-16-28(33(40-5)29(19-27)38-3)32(37)26-17-30(39-4)34(42-21-25-14-10-7-11-15-25)31(18-26)41-20-24-12-8-6-9-13-24/h6-19,32,35,37H,20-23H2,1-5H3. The van der Waals surface area contributed by atoms with Crippen molar-refractivity contribution >= 4 is 0 Å². The van der Waals surface area contributed by atoms with Crippen LogP contribution in [0.25, 0.3) is 0 Å². The monoisotopic (exact) mass is 600 g/mol. The van der Waals surface area contributed by atoms with Crippen LogP contribution in [0.4, 0.5) is 0 Å². The van der Waals surface area contributed by atoms with E-state index in [2.05, 4.69) is 13.8 Å². The predicted molar refractivity (Wildman–Crippen MR) is 167 cm³/mol. The Bertz CT molecular complexity index is 1510. The Morgan fingerprint density at radius 1 is 0.705 bits per heavy atom. The van der Waals surface area contributed by atoms with Crippen molar-refractivity contribution in [3.8, 4) is 28.7 Å². The molecule has 4 aromatic rings. The van der Waals surface area contributed by atoms with E-state index < -0.39 is 12.4 Å². The molecule has 4 aromatic carbocycles. The largest absolute Gasteiger partial charge is 0.493 e. The van der Waals surface area contributed by atoms with Crippen LogP contribution in [0.5, 0.6) is 28.7 Å². The van der Waals surface area contributed by atoms with Crippen LogP contribution in [0.2, 0.25) is 0 Å². The highest BCUT2D eigenvalue weighted by molar-refractivity contribution is 5.58. The first-order valence-corrected chi connectivity index (χ1v) is 14.5. The molecule has 1 unspecified atom stereocenters. The smallest absolute Gasteiger partial charge is 0.203 e. The van der Waals surface area contributed by atoms with Crippen LogP contribution in [0, 0.1) is 5.41 Å². The normalized spacial score (nSPS) is 15.3. The molecule has 0 radical (unpaired) electrons. The molecule has 0 aromatic heterocycles. The van der Waals surface area contributed by atoms with Crippen molar-refractivity contribution in [2.45, 2.75) is 39.5 Å². The zero-order valence-corrected chi connectivity index (χ0v) is 25.9. The summed E-state index contributed by atoms with van der Waals surface area (Å²) in [6.45, 7) is 5.86. The summed E-state index contributed by atoms with van der Waals surface area (Å²) >= 11 is 0. The van der Waals surface area contributed by atoms with Crippen LogP contribution in [0.15, 0.2) is 84.9 Å². The van der Waals surface area contributed by atoms with Gasteiger partial charge in [-0.05, 0) is 41.0 Å². The molecule has 8 nitrogen and oxygen atoms in total. The van der Waals surface area contributed by atoms with Gasteiger partial charge in [-0.15, -0.1) is 0 Å². The third-order valence-electron chi connectivity index (χ3n) is 7.39. The van der Waals surface area contributed by atoms with E-state index in [-0.39, 0.29) is 5.41 Å². The van der Waals surface area contributed by atoms with Crippen LogP contribution in [-0.2, 0) is 22.7 Å². The SMILES string of the molecule is COc1cc(C(O)c2cc(C3OCC(C)(C)CO3)cc(OC)c2OC)cc(OCc2ccccc2)c1OCc1ccccc1. The van der Waals surface area contributed by atoms with Crippen LogP contribution in [0.1, 0.15) is 54.1 Å². The molecule has 1 atom stereocenters. The van der Waals surface area contributed by atoms with E-state index in [0.29, 0.717) is 71.9 Å². The van der Waals surface area contributed by atoms with Crippen LogP contribution < -0.4 is 23.7 Å². The van der Waals surface area contributed by atoms with E-state index in [1.165, 1.54) is 0 Å². The zero-order chi connectivity index (χ0) is 31.1. The third-order valence-corrected chi connectivity index (χ3v) is 7.39. The predicted octanol–water partition coefficient (Wildman–Crippen LogP) is 7.02. The van der Waals surface area contributed by atoms with Gasteiger partial charge in [0.1, 0.15) is 19.3 Å². The molecule has 0 amide bonds. The number of rotatable bonds is 12. The van der Waals surface area contributed by atoms with Crippen molar-refractivity contribution in [2.75, 3.05) is 34.5 Å². The summed E-state index contributed by atoms with van der Waals surface area (Å²) in [4.78, 5) is 0. The molecule has 0 bridgehead atoms. The van der Waals surface area contributed by atoms with Gasteiger partial charge in [0, 0.05) is 16.5 Å². The molecule has 0 aliphatic carbocycles. The lowest BCUT2D eigenvalue weighted by atomic mass is 9.94. The molecule has 8 heteroatoms. The average Bonchev–Trinajstić information content (AvgIpc) is 3.06. The number of benzene rings is 4. The van der Waals surface area contributed by atoms with E-state index in [1.54, 1.807) is 33.5 Å². The van der Waals surface area contributed by atoms with Gasteiger partial charge in [-0.25, -0.2) is 0 Å². The number of aliphatic hydroxyl groups excluding tert-OH is 1. The van der Waals surface area contributed by atoms with Crippen LogP contribution in [-0.4, -0.2) is 39.6 Å². The fraction of sp³-hybridized carbons (Fsp3) is 0.333. The summed E-state index contributed by atoms with van der Waals surface area (Å²) in [5.74, 6) is 2.14. The van der Waals surface area contributed by atoms with Crippen molar-refractivity contribution in [1.82, 2.24) is 0 Å². The van der Waals surface area contributed by atoms with Gasteiger partial charge in [-0.3, -0.25) is 0 Å². The maximum atomic E-state index is 11.9. The Morgan fingerprint density at radius 3 is 1.82 bits per heavy atom. The molecule has 1 heterocycles. The number of hydrogen-bond donors (Lipinski definition) is 1. The Balaban J connectivity index is 1.53. The molecule has 1 aliphatic rings. The first kappa shape index (κ1) is 31.2. The molecule has 44 heavy (non-hydrogen) atoms. The van der Waals surface area contributed by atoms with Gasteiger partial charge in [0.05, 0.1) is 34.5 Å². The van der Waals surface area contributed by atoms with Gasteiger partial charge in [0.2, 0.25) is 5.75 Å². The average molecular weight is 601 g/mol. The number of aliphatic hydroxyl groups is 1. The summed E-state index contributed by atoms with van der Waals surface area (Å²) in [6, 6.07) is 26.9. The fourth-order valence-corrected chi connectivity index (χ4v) is 5.04. The molecular formula is C36H40O8. The lowest BCUT2D eigenvalue weighted by molar-refractivity contribution is -0.226. The van der Waals surface area contributed by atoms with E-state index in [1.807, 2.05) is 72.8 Å². The Labute approximate surface area is 259 Å². The first-order valence-electron chi connectivity index (χ1n) is 14.5. The van der Waals surface area contributed by atoms with Crippen LogP contribution >= 0.6 is 0 Å². The van der Waals surface area contributed by atoms with E-state index >= 15 is 0 Å². The maximum Gasteiger partial charge on any atom is 0.203 e. The molecule has 5 rings (SSSR count). The molecular weight excluding hydrogens is 560 g/mol. The van der Waals surface area contributed by atoms with Gasteiger partial charge >= 0.3 is 0 Å². The lowest BCUT2D eigenvalue weighted by Crippen LogP contribution is -2.33. The van der Waals surface area contributed by atoms with Gasteiger partial charge in [0.15, 0.2) is 29.3 Å². The van der Waals surface area contributed by atoms with E-state index in [9.17, 15) is 5.11 Å². The second-order valence-electron chi connectivity index (χ2n) is 11.5. The summed E-state index contributed by atoms with van der Waals surface area (Å²) in [5.41, 5.74) is 3.60. The molecule has 232 valence electrons. The molecule has 1 fully saturated rings. The van der Waals surface area contributed by atoms with Crippen molar-refractivity contribution in [1.29, 1.82) is 0 Å². The number of ether oxygens (including phenoxy) is 7. The topological polar surface area (TPSA) is 84.8 Å². The van der Waals surface area contributed by atoms with Crippen LogP contribution in [0.3, 0.4) is 0 Å². The third kappa shape index (κ3) is 7.27. The zero-order valence-electron chi connectivity index (χ0n) is 25.9. The van der Waals surface area contributed by atoms with Crippen molar-refractivity contribution in [3.05, 3.63) is 113 Å². The summed E-state index contributed by atoms with van der Waals surface area (Å²) in [6.07, 6.45) is -1.75. The fourth-order valence-electron chi connectivity index (χ4n) is 5.04. The molecule has 1 aliphatic heterocycles. The number of hydrogen-bond acceptors (Lipinski definition) is 8. The van der Waals surface area contributed by atoms with Crippen molar-refractivity contribution in [3.63, 3.8) is 0 Å². The second kappa shape index (κ2) is 14.0. The van der Waals surface area contributed by atoms with Gasteiger partial charge < -0.3 is 38.3 Å². The molecule has 1 N–H and O–H groups in total. The maximum absolute atomic E-state index is 11.9. The highest BCUT2D eigenvalue weighted by atomic mass is 16.7. The quantitative estimate of drug-likeness (QED) is 0.186. The highest BCUT2D eigenvalue weighted by Crippen LogP contribution is 2.46. The second-order valence-corrected chi connectivity index (χ2v) is 11.5. The summed E-state index contributed by atoms with van der Waals surface area (Å²) in [5, 5.41) is 11.9. The molecule has 1 saturated heterocycles. The minimum Gasteiger partial charge on any atom is -0.493 e. The Hall–Kier alpha value is -4.24. The van der Waals surface area contributed by atoms with Crippen molar-refractivity contribution < 1.29 is 38.3 Å². The van der Waals surface area contributed by atoms with E-state index in [0.717, 1.165) is 11.1 Å². The minimum atomic E-state index is -1.14. The Kier molecular flexibility index (Phi) is 9.95. The highest BCUT2D eigenvalue weighted by Gasteiger charge is 2.32. The number of methoxy groups -OCH3 is 3. The Morgan fingerprint density at radius 2 is 1.25 bits per heavy atom. The summed E-state index contributed by atoms with van der Waals surface area (Å²) < 4.78 is 41.8. The lowest BCUT2D eigenvalue weighted by Gasteiger charge is -2.35. The van der Waals surface area contributed by atoms with Gasteiger partial charge in [0.25, 0.3) is 0 Å². The summed E-state index contributed by atoms with van der Waals surface area (Å²) in [7, 11) is 4.66. The molecule has 0 saturated carbocycles. The van der Waals surface area contributed by atoms with E-state index in [4.69, 9.17) is 33.2 Å².